The predicted molar refractivity (Wildman–Crippen MR) is 75.6 cm³/mol. The maximum absolute atomic E-state index is 9.68. The van der Waals surface area contributed by atoms with Crippen LogP contribution in [0.5, 0.6) is 5.75 Å². The van der Waals surface area contributed by atoms with Gasteiger partial charge in [-0.25, -0.2) is 0 Å². The lowest BCUT2D eigenvalue weighted by atomic mass is 9.79. The van der Waals surface area contributed by atoms with Crippen molar-refractivity contribution in [2.45, 2.75) is 43.8 Å². The Morgan fingerprint density at radius 1 is 1.11 bits per heavy atom. The van der Waals surface area contributed by atoms with Gasteiger partial charge in [-0.3, -0.25) is 0 Å². The third kappa shape index (κ3) is 2.27. The third-order valence-electron chi connectivity index (χ3n) is 3.73. The van der Waals surface area contributed by atoms with E-state index < -0.39 is 0 Å². The van der Waals surface area contributed by atoms with Crippen LogP contribution in [0.25, 0.3) is 0 Å². The Kier molecular flexibility index (Phi) is 3.43. The molecule has 1 fully saturated rings. The molecule has 1 saturated heterocycles. The highest BCUT2D eigenvalue weighted by atomic mass is 32.2. The van der Waals surface area contributed by atoms with Gasteiger partial charge in [0.2, 0.25) is 0 Å². The monoisotopic (exact) mass is 266 g/mol. The number of hydrogen-bond acceptors (Lipinski definition) is 4. The Bertz CT molecular complexity index is 444. The SMILES string of the molecule is CSc1cc(B2OC(C)(C)C(C)(C)O2)ccc1O. The van der Waals surface area contributed by atoms with Crippen LogP contribution in [0, 0.1) is 0 Å². The fourth-order valence-electron chi connectivity index (χ4n) is 1.82. The first kappa shape index (κ1) is 13.8. The first-order valence-corrected chi connectivity index (χ1v) is 7.22. The van der Waals surface area contributed by atoms with E-state index in [0.29, 0.717) is 5.75 Å². The molecular formula is C13H19BO3S. The molecule has 1 aromatic rings. The van der Waals surface area contributed by atoms with Gasteiger partial charge < -0.3 is 14.4 Å². The maximum Gasteiger partial charge on any atom is 0.494 e. The van der Waals surface area contributed by atoms with Crippen molar-refractivity contribution < 1.29 is 14.4 Å². The molecule has 1 heterocycles. The Balaban J connectivity index is 2.30. The van der Waals surface area contributed by atoms with E-state index in [-0.39, 0.29) is 18.3 Å². The van der Waals surface area contributed by atoms with Gasteiger partial charge in [0.25, 0.3) is 0 Å². The van der Waals surface area contributed by atoms with Crippen molar-refractivity contribution in [3.8, 4) is 5.75 Å². The lowest BCUT2D eigenvalue weighted by Crippen LogP contribution is -2.41. The van der Waals surface area contributed by atoms with E-state index in [4.69, 9.17) is 9.31 Å². The van der Waals surface area contributed by atoms with Crippen molar-refractivity contribution in [3.63, 3.8) is 0 Å². The number of phenols is 1. The fourth-order valence-corrected chi connectivity index (χ4v) is 2.35. The summed E-state index contributed by atoms with van der Waals surface area (Å²) >= 11 is 1.51. The number of phenolic OH excluding ortho intramolecular Hbond substituents is 1. The summed E-state index contributed by atoms with van der Waals surface area (Å²) in [6, 6.07) is 5.45. The van der Waals surface area contributed by atoms with E-state index in [1.807, 2.05) is 46.1 Å². The Morgan fingerprint density at radius 2 is 1.67 bits per heavy atom. The third-order valence-corrected chi connectivity index (χ3v) is 4.50. The predicted octanol–water partition coefficient (Wildman–Crippen LogP) is 2.41. The van der Waals surface area contributed by atoms with Crippen LogP contribution >= 0.6 is 11.8 Å². The van der Waals surface area contributed by atoms with Gasteiger partial charge in [0.05, 0.1) is 11.2 Å². The van der Waals surface area contributed by atoms with Crippen LogP contribution in [0.2, 0.25) is 0 Å². The van der Waals surface area contributed by atoms with Crippen molar-refractivity contribution >= 4 is 24.3 Å². The van der Waals surface area contributed by atoms with Gasteiger partial charge in [0, 0.05) is 4.90 Å². The first-order valence-electron chi connectivity index (χ1n) is 5.99. The molecule has 0 saturated carbocycles. The second kappa shape index (κ2) is 4.47. The molecule has 0 unspecified atom stereocenters. The summed E-state index contributed by atoms with van der Waals surface area (Å²) < 4.78 is 12.0. The van der Waals surface area contributed by atoms with Gasteiger partial charge in [0.15, 0.2) is 0 Å². The van der Waals surface area contributed by atoms with Gasteiger partial charge >= 0.3 is 7.12 Å². The minimum Gasteiger partial charge on any atom is -0.507 e. The van der Waals surface area contributed by atoms with E-state index in [1.54, 1.807) is 6.07 Å². The zero-order chi connectivity index (χ0) is 13.6. The van der Waals surface area contributed by atoms with E-state index in [0.717, 1.165) is 10.4 Å². The molecule has 0 aromatic heterocycles. The quantitative estimate of drug-likeness (QED) is 0.659. The standard InChI is InChI=1S/C13H19BO3S/c1-12(2)13(3,4)17-14(16-12)9-6-7-10(15)11(8-9)18-5/h6-8,15H,1-5H3. The van der Waals surface area contributed by atoms with Gasteiger partial charge in [0.1, 0.15) is 5.75 Å². The Hall–Kier alpha value is -0.645. The van der Waals surface area contributed by atoms with Crippen molar-refractivity contribution in [1.29, 1.82) is 0 Å². The van der Waals surface area contributed by atoms with Crippen molar-refractivity contribution in [1.82, 2.24) is 0 Å². The molecule has 3 nitrogen and oxygen atoms in total. The minimum absolute atomic E-state index is 0.294. The lowest BCUT2D eigenvalue weighted by molar-refractivity contribution is 0.00578. The lowest BCUT2D eigenvalue weighted by Gasteiger charge is -2.32. The fraction of sp³-hybridized carbons (Fsp3) is 0.538. The molecule has 0 aliphatic carbocycles. The minimum atomic E-state index is -0.374. The van der Waals surface area contributed by atoms with Crippen LogP contribution in [0.15, 0.2) is 23.1 Å². The molecule has 0 amide bonds. The highest BCUT2D eigenvalue weighted by molar-refractivity contribution is 7.98. The highest BCUT2D eigenvalue weighted by Crippen LogP contribution is 2.37. The number of hydrogen-bond donors (Lipinski definition) is 1. The van der Waals surface area contributed by atoms with Crippen LogP contribution in [0.3, 0.4) is 0 Å². The van der Waals surface area contributed by atoms with Crippen molar-refractivity contribution in [2.24, 2.45) is 0 Å². The van der Waals surface area contributed by atoms with Gasteiger partial charge in [-0.15, -0.1) is 11.8 Å². The Labute approximate surface area is 113 Å². The molecule has 1 aromatic carbocycles. The molecule has 18 heavy (non-hydrogen) atoms. The molecule has 1 aliphatic heterocycles. The maximum atomic E-state index is 9.68. The summed E-state index contributed by atoms with van der Waals surface area (Å²) in [6.45, 7) is 8.12. The molecule has 0 radical (unpaired) electrons. The van der Waals surface area contributed by atoms with Crippen molar-refractivity contribution in [2.75, 3.05) is 6.26 Å². The zero-order valence-corrected chi connectivity index (χ0v) is 12.3. The normalized spacial score (nSPS) is 21.3. The van der Waals surface area contributed by atoms with Crippen molar-refractivity contribution in [3.05, 3.63) is 18.2 Å². The molecule has 2 rings (SSSR count). The largest absolute Gasteiger partial charge is 0.507 e. The van der Waals surface area contributed by atoms with Crippen LogP contribution < -0.4 is 5.46 Å². The molecule has 98 valence electrons. The van der Waals surface area contributed by atoms with Gasteiger partial charge in [-0.1, -0.05) is 6.07 Å². The van der Waals surface area contributed by atoms with Crippen LogP contribution in [-0.2, 0) is 9.31 Å². The molecule has 0 bridgehead atoms. The topological polar surface area (TPSA) is 38.7 Å². The second-order valence-electron chi connectivity index (χ2n) is 5.52. The summed E-state index contributed by atoms with van der Waals surface area (Å²) in [5, 5.41) is 9.68. The summed E-state index contributed by atoms with van der Waals surface area (Å²) in [5.74, 6) is 0.294. The van der Waals surface area contributed by atoms with Crippen LogP contribution in [0.1, 0.15) is 27.7 Å². The smallest absolute Gasteiger partial charge is 0.494 e. The summed E-state index contributed by atoms with van der Waals surface area (Å²) in [5.41, 5.74) is 0.264. The highest BCUT2D eigenvalue weighted by Gasteiger charge is 2.51. The van der Waals surface area contributed by atoms with E-state index >= 15 is 0 Å². The summed E-state index contributed by atoms with van der Waals surface area (Å²) in [7, 11) is -0.374. The molecule has 1 aliphatic rings. The van der Waals surface area contributed by atoms with E-state index in [9.17, 15) is 5.11 Å². The number of rotatable bonds is 2. The van der Waals surface area contributed by atoms with Crippen LogP contribution in [-0.4, -0.2) is 29.7 Å². The molecule has 0 spiro atoms. The van der Waals surface area contributed by atoms with Crippen LogP contribution in [0.4, 0.5) is 0 Å². The summed E-state index contributed by atoms with van der Waals surface area (Å²) in [4.78, 5) is 0.835. The molecule has 0 atom stereocenters. The number of thioether (sulfide) groups is 1. The first-order chi connectivity index (χ1) is 8.27. The van der Waals surface area contributed by atoms with E-state index in [1.165, 1.54) is 11.8 Å². The number of aromatic hydroxyl groups is 1. The number of benzene rings is 1. The molecule has 5 heteroatoms. The average molecular weight is 266 g/mol. The zero-order valence-electron chi connectivity index (χ0n) is 11.5. The second-order valence-corrected chi connectivity index (χ2v) is 6.37. The Morgan fingerprint density at radius 3 is 2.17 bits per heavy atom. The summed E-state index contributed by atoms with van der Waals surface area (Å²) in [6.07, 6.45) is 1.93. The molecule has 1 N–H and O–H groups in total. The van der Waals surface area contributed by atoms with Gasteiger partial charge in [-0.05, 0) is 51.5 Å². The van der Waals surface area contributed by atoms with E-state index in [2.05, 4.69) is 0 Å². The molecular weight excluding hydrogens is 247 g/mol. The average Bonchev–Trinajstić information content (AvgIpc) is 2.49. The van der Waals surface area contributed by atoms with Gasteiger partial charge in [-0.2, -0.15) is 0 Å².